The zero-order chi connectivity index (χ0) is 20.4. The monoisotopic (exact) mass is 404 g/mol. The highest BCUT2D eigenvalue weighted by Gasteiger charge is 2.88. The Morgan fingerprint density at radius 1 is 1.24 bits per heavy atom. The van der Waals surface area contributed by atoms with Crippen molar-refractivity contribution < 1.29 is 33.6 Å². The van der Waals surface area contributed by atoms with Crippen LogP contribution in [0.4, 0.5) is 0 Å². The van der Waals surface area contributed by atoms with Crippen LogP contribution in [-0.2, 0) is 30.8 Å². The lowest BCUT2D eigenvalue weighted by Gasteiger charge is -2.67. The SMILES string of the molecule is CC(=O)OC1CCC2C3(C)CCc4ccoc4C3(C)C3(O)OCC2(C3O)C12CO2. The number of furan rings is 1. The van der Waals surface area contributed by atoms with Crippen molar-refractivity contribution in [2.24, 2.45) is 16.7 Å². The van der Waals surface area contributed by atoms with Gasteiger partial charge in [0, 0.05) is 6.92 Å². The number of carbonyl (C=O) groups is 1. The Hall–Kier alpha value is -1.41. The third kappa shape index (κ3) is 1.65. The summed E-state index contributed by atoms with van der Waals surface area (Å²) in [5, 5.41) is 23.7. The zero-order valence-corrected chi connectivity index (χ0v) is 17.1. The van der Waals surface area contributed by atoms with E-state index >= 15 is 0 Å². The van der Waals surface area contributed by atoms with E-state index in [0.29, 0.717) is 13.0 Å². The molecule has 2 spiro atoms. The van der Waals surface area contributed by atoms with Crippen molar-refractivity contribution in [2.45, 2.75) is 75.5 Å². The first-order valence-corrected chi connectivity index (χ1v) is 10.6. The van der Waals surface area contributed by atoms with Crippen molar-refractivity contribution in [3.8, 4) is 0 Å². The molecule has 4 fully saturated rings. The van der Waals surface area contributed by atoms with E-state index in [-0.39, 0.29) is 23.9 Å². The second-order valence-corrected chi connectivity index (χ2v) is 10.2. The second-order valence-electron chi connectivity index (χ2n) is 10.2. The number of epoxide rings is 1. The van der Waals surface area contributed by atoms with Gasteiger partial charge in [-0.1, -0.05) is 6.92 Å². The van der Waals surface area contributed by atoms with Crippen LogP contribution in [0.1, 0.15) is 51.4 Å². The first kappa shape index (κ1) is 18.4. The molecule has 6 rings (SSSR count). The van der Waals surface area contributed by atoms with Crippen molar-refractivity contribution in [3.63, 3.8) is 0 Å². The Bertz CT molecular complexity index is 905. The summed E-state index contributed by atoms with van der Waals surface area (Å²) in [5.74, 6) is -1.41. The van der Waals surface area contributed by atoms with Crippen LogP contribution < -0.4 is 0 Å². The molecule has 1 aromatic heterocycles. The van der Waals surface area contributed by atoms with Gasteiger partial charge in [-0.05, 0) is 55.6 Å². The molecule has 7 heteroatoms. The molecule has 2 bridgehead atoms. The maximum atomic E-state index is 11.9. The van der Waals surface area contributed by atoms with Gasteiger partial charge in [0.2, 0.25) is 5.79 Å². The van der Waals surface area contributed by atoms with E-state index in [1.807, 2.05) is 13.0 Å². The molecule has 8 atom stereocenters. The summed E-state index contributed by atoms with van der Waals surface area (Å²) in [5.41, 5.74) is -1.83. The summed E-state index contributed by atoms with van der Waals surface area (Å²) in [6, 6.07) is 1.95. The Labute approximate surface area is 169 Å². The summed E-state index contributed by atoms with van der Waals surface area (Å²) in [4.78, 5) is 11.8. The third-order valence-electron chi connectivity index (χ3n) is 9.54. The van der Waals surface area contributed by atoms with Gasteiger partial charge in [-0.3, -0.25) is 4.79 Å². The second kappa shape index (κ2) is 5.07. The van der Waals surface area contributed by atoms with Crippen LogP contribution in [0.5, 0.6) is 0 Å². The number of fused-ring (bicyclic) bond motifs is 6. The Kier molecular flexibility index (Phi) is 3.21. The van der Waals surface area contributed by atoms with E-state index in [4.69, 9.17) is 18.6 Å². The zero-order valence-electron chi connectivity index (χ0n) is 17.1. The predicted molar refractivity (Wildman–Crippen MR) is 98.8 cm³/mol. The van der Waals surface area contributed by atoms with Gasteiger partial charge >= 0.3 is 5.97 Å². The van der Waals surface area contributed by atoms with Gasteiger partial charge < -0.3 is 28.8 Å². The maximum absolute atomic E-state index is 11.9. The van der Waals surface area contributed by atoms with Crippen LogP contribution in [0, 0.1) is 16.7 Å². The van der Waals surface area contributed by atoms with E-state index in [0.717, 1.165) is 30.6 Å². The van der Waals surface area contributed by atoms with Gasteiger partial charge in [0.25, 0.3) is 0 Å². The van der Waals surface area contributed by atoms with Crippen molar-refractivity contribution in [1.29, 1.82) is 0 Å². The van der Waals surface area contributed by atoms with Gasteiger partial charge in [-0.15, -0.1) is 0 Å². The number of esters is 1. The molecule has 5 aliphatic rings. The third-order valence-corrected chi connectivity index (χ3v) is 9.54. The van der Waals surface area contributed by atoms with Crippen molar-refractivity contribution in [3.05, 3.63) is 23.7 Å². The first-order chi connectivity index (χ1) is 13.7. The summed E-state index contributed by atoms with van der Waals surface area (Å²) >= 11 is 0. The van der Waals surface area contributed by atoms with E-state index in [9.17, 15) is 15.0 Å². The molecule has 158 valence electrons. The predicted octanol–water partition coefficient (Wildman–Crippen LogP) is 1.68. The number of aliphatic hydroxyl groups excluding tert-OH is 1. The van der Waals surface area contributed by atoms with Gasteiger partial charge in [0.05, 0.1) is 30.3 Å². The molecule has 3 heterocycles. The number of carbonyl (C=O) groups excluding carboxylic acids is 1. The van der Waals surface area contributed by atoms with Crippen molar-refractivity contribution in [1.82, 2.24) is 0 Å². The van der Waals surface area contributed by atoms with E-state index in [1.165, 1.54) is 6.92 Å². The Morgan fingerprint density at radius 2 is 2.00 bits per heavy atom. The maximum Gasteiger partial charge on any atom is 0.303 e. The first-order valence-electron chi connectivity index (χ1n) is 10.6. The summed E-state index contributed by atoms with van der Waals surface area (Å²) < 4.78 is 23.7. The molecule has 2 aliphatic heterocycles. The van der Waals surface area contributed by atoms with Crippen molar-refractivity contribution >= 4 is 5.97 Å². The van der Waals surface area contributed by atoms with Crippen LogP contribution in [0.25, 0.3) is 0 Å². The van der Waals surface area contributed by atoms with Crippen LogP contribution in [0.15, 0.2) is 16.7 Å². The fraction of sp³-hybridized carbons (Fsp3) is 0.773. The fourth-order valence-corrected chi connectivity index (χ4v) is 7.95. The summed E-state index contributed by atoms with van der Waals surface area (Å²) in [6.07, 6.45) is 3.21. The molecule has 8 unspecified atom stereocenters. The van der Waals surface area contributed by atoms with Gasteiger partial charge in [0.15, 0.2) is 0 Å². The Morgan fingerprint density at radius 3 is 2.69 bits per heavy atom. The minimum atomic E-state index is -1.80. The normalized spacial score (nSPS) is 54.4. The topological polar surface area (TPSA) is 102 Å². The van der Waals surface area contributed by atoms with Crippen LogP contribution in [0.2, 0.25) is 0 Å². The lowest BCUT2D eigenvalue weighted by Crippen LogP contribution is -2.78. The van der Waals surface area contributed by atoms with Crippen LogP contribution in [0.3, 0.4) is 0 Å². The molecule has 7 nitrogen and oxygen atoms in total. The van der Waals surface area contributed by atoms with Gasteiger partial charge in [0.1, 0.15) is 23.6 Å². The number of hydrogen-bond donors (Lipinski definition) is 2. The molecule has 0 aromatic carbocycles. The lowest BCUT2D eigenvalue weighted by molar-refractivity contribution is -0.325. The largest absolute Gasteiger partial charge is 0.468 e. The molecular weight excluding hydrogens is 376 g/mol. The number of aliphatic hydroxyl groups is 2. The molecule has 0 amide bonds. The smallest absolute Gasteiger partial charge is 0.303 e. The average molecular weight is 404 g/mol. The van der Waals surface area contributed by atoms with E-state index in [1.54, 1.807) is 6.26 Å². The number of hydrogen-bond acceptors (Lipinski definition) is 7. The molecule has 3 aliphatic carbocycles. The molecule has 2 saturated heterocycles. The highest BCUT2D eigenvalue weighted by molar-refractivity contribution is 5.66. The summed E-state index contributed by atoms with van der Waals surface area (Å²) in [7, 11) is 0. The number of rotatable bonds is 1. The lowest BCUT2D eigenvalue weighted by atomic mass is 9.36. The molecule has 1 aromatic rings. The highest BCUT2D eigenvalue weighted by atomic mass is 16.7. The van der Waals surface area contributed by atoms with Crippen molar-refractivity contribution in [2.75, 3.05) is 13.2 Å². The minimum Gasteiger partial charge on any atom is -0.468 e. The van der Waals surface area contributed by atoms with E-state index in [2.05, 4.69) is 6.92 Å². The fourth-order valence-electron chi connectivity index (χ4n) is 7.95. The van der Waals surface area contributed by atoms with E-state index < -0.39 is 34.4 Å². The minimum absolute atomic E-state index is 0.0327. The molecule has 2 saturated carbocycles. The quantitative estimate of drug-likeness (QED) is 0.542. The number of aryl methyl sites for hydroxylation is 1. The van der Waals surface area contributed by atoms with Crippen LogP contribution in [-0.4, -0.2) is 53.0 Å². The van der Waals surface area contributed by atoms with Gasteiger partial charge in [-0.2, -0.15) is 0 Å². The van der Waals surface area contributed by atoms with Gasteiger partial charge in [-0.25, -0.2) is 0 Å². The summed E-state index contributed by atoms with van der Waals surface area (Å²) in [6.45, 7) is 6.15. The molecule has 0 radical (unpaired) electrons. The molecule has 2 N–H and O–H groups in total. The standard InChI is InChI=1S/C22H28O7/c1-12(23)29-15-5-4-14-18(2)8-6-13-7-9-26-16(13)19(18,3)22(25)17(24)20(14,10-28-22)21(15)11-27-21/h7,9,14-15,17,24-25H,4-6,8,10-11H2,1-3H3. The molecule has 29 heavy (non-hydrogen) atoms. The number of ether oxygens (including phenoxy) is 3. The van der Waals surface area contributed by atoms with Crippen LogP contribution >= 0.6 is 0 Å². The Balaban J connectivity index is 1.57. The average Bonchev–Trinajstić information content (AvgIpc) is 3.25. The highest BCUT2D eigenvalue weighted by Crippen LogP contribution is 2.77. The molecular formula is C22H28O7.